The van der Waals surface area contributed by atoms with Gasteiger partial charge in [0.2, 0.25) is 0 Å². The van der Waals surface area contributed by atoms with E-state index in [1.165, 1.54) is 12.1 Å². The van der Waals surface area contributed by atoms with Gasteiger partial charge in [0.1, 0.15) is 5.82 Å². The largest absolute Gasteiger partial charge is 0.372 e. The van der Waals surface area contributed by atoms with Gasteiger partial charge in [-0.1, -0.05) is 6.92 Å². The minimum absolute atomic E-state index is 0.220. The average Bonchev–Trinajstić information content (AvgIpc) is 2.97. The zero-order valence-corrected chi connectivity index (χ0v) is 13.1. The van der Waals surface area contributed by atoms with Crippen molar-refractivity contribution in [2.75, 3.05) is 18.0 Å². The summed E-state index contributed by atoms with van der Waals surface area (Å²) in [6.07, 6.45) is 1.51. The lowest BCUT2D eigenvalue weighted by molar-refractivity contribution is -0.0172. The Bertz CT molecular complexity index is 599. The van der Waals surface area contributed by atoms with Crippen molar-refractivity contribution in [1.82, 2.24) is 4.98 Å². The molecule has 2 aromatic rings. The Balaban J connectivity index is 1.79. The number of thiazole rings is 1. The van der Waals surface area contributed by atoms with Crippen molar-refractivity contribution in [3.8, 4) is 11.3 Å². The van der Waals surface area contributed by atoms with Gasteiger partial charge in [-0.3, -0.25) is 0 Å². The normalized spacial score (nSPS) is 22.5. The van der Waals surface area contributed by atoms with Crippen LogP contribution in [0.25, 0.3) is 11.3 Å². The lowest BCUT2D eigenvalue weighted by Crippen LogP contribution is -2.46. The highest BCUT2D eigenvalue weighted by molar-refractivity contribution is 7.14. The molecular formula is C16H19FN2OS. The first kappa shape index (κ1) is 14.5. The Labute approximate surface area is 128 Å². The second-order valence-electron chi connectivity index (χ2n) is 5.40. The van der Waals surface area contributed by atoms with Crippen LogP contribution >= 0.6 is 11.3 Å². The minimum Gasteiger partial charge on any atom is -0.372 e. The summed E-state index contributed by atoms with van der Waals surface area (Å²) in [5.74, 6) is -0.220. The Hall–Kier alpha value is -1.46. The Morgan fingerprint density at radius 1 is 1.33 bits per heavy atom. The zero-order chi connectivity index (χ0) is 14.8. The number of aromatic nitrogens is 1. The Morgan fingerprint density at radius 3 is 2.81 bits per heavy atom. The molecule has 2 unspecified atom stereocenters. The molecule has 5 heteroatoms. The molecule has 21 heavy (non-hydrogen) atoms. The summed E-state index contributed by atoms with van der Waals surface area (Å²) < 4.78 is 18.9. The molecule has 1 saturated heterocycles. The van der Waals surface area contributed by atoms with Crippen molar-refractivity contribution >= 4 is 16.5 Å². The molecule has 0 spiro atoms. The first-order valence-electron chi connectivity index (χ1n) is 7.27. The van der Waals surface area contributed by atoms with Crippen molar-refractivity contribution in [2.24, 2.45) is 0 Å². The molecule has 2 atom stereocenters. The summed E-state index contributed by atoms with van der Waals surface area (Å²) in [5.41, 5.74) is 1.86. The van der Waals surface area contributed by atoms with Crippen LogP contribution in [-0.2, 0) is 4.74 Å². The fraction of sp³-hybridized carbons (Fsp3) is 0.438. The molecule has 0 saturated carbocycles. The molecule has 1 aliphatic rings. The molecular weight excluding hydrogens is 287 g/mol. The van der Waals surface area contributed by atoms with Crippen LogP contribution in [0.5, 0.6) is 0 Å². The smallest absolute Gasteiger partial charge is 0.186 e. The van der Waals surface area contributed by atoms with E-state index >= 15 is 0 Å². The molecule has 1 aromatic carbocycles. The highest BCUT2D eigenvalue weighted by atomic mass is 32.1. The van der Waals surface area contributed by atoms with Crippen molar-refractivity contribution in [1.29, 1.82) is 0 Å². The van der Waals surface area contributed by atoms with E-state index in [9.17, 15) is 4.39 Å². The second kappa shape index (κ2) is 6.12. The van der Waals surface area contributed by atoms with Crippen molar-refractivity contribution < 1.29 is 9.13 Å². The van der Waals surface area contributed by atoms with Crippen LogP contribution in [-0.4, -0.2) is 30.3 Å². The van der Waals surface area contributed by atoms with Gasteiger partial charge < -0.3 is 9.64 Å². The van der Waals surface area contributed by atoms with E-state index in [0.29, 0.717) is 0 Å². The van der Waals surface area contributed by atoms with Gasteiger partial charge in [-0.25, -0.2) is 9.37 Å². The van der Waals surface area contributed by atoms with Crippen molar-refractivity contribution in [3.05, 3.63) is 35.5 Å². The van der Waals surface area contributed by atoms with Gasteiger partial charge in [0, 0.05) is 24.0 Å². The fourth-order valence-electron chi connectivity index (χ4n) is 2.59. The Morgan fingerprint density at radius 2 is 2.10 bits per heavy atom. The quantitative estimate of drug-likeness (QED) is 0.858. The van der Waals surface area contributed by atoms with Gasteiger partial charge in [-0.15, -0.1) is 11.3 Å². The topological polar surface area (TPSA) is 25.4 Å². The van der Waals surface area contributed by atoms with E-state index in [-0.39, 0.29) is 18.0 Å². The first-order chi connectivity index (χ1) is 10.2. The molecule has 1 fully saturated rings. The molecule has 0 amide bonds. The van der Waals surface area contributed by atoms with E-state index in [2.05, 4.69) is 18.7 Å². The van der Waals surface area contributed by atoms with Gasteiger partial charge in [-0.2, -0.15) is 0 Å². The van der Waals surface area contributed by atoms with Crippen LogP contribution in [0.4, 0.5) is 9.52 Å². The monoisotopic (exact) mass is 306 g/mol. The number of halogens is 1. The molecule has 0 N–H and O–H groups in total. The van der Waals surface area contributed by atoms with E-state index < -0.39 is 0 Å². The number of anilines is 1. The number of morpholine rings is 1. The third-order valence-corrected chi connectivity index (χ3v) is 4.59. The molecule has 0 radical (unpaired) electrons. The maximum absolute atomic E-state index is 13.0. The number of benzene rings is 1. The molecule has 3 nitrogen and oxygen atoms in total. The van der Waals surface area contributed by atoms with Gasteiger partial charge >= 0.3 is 0 Å². The van der Waals surface area contributed by atoms with E-state index in [4.69, 9.17) is 9.72 Å². The van der Waals surface area contributed by atoms with Gasteiger partial charge in [-0.05, 0) is 37.6 Å². The summed E-state index contributed by atoms with van der Waals surface area (Å²) in [6, 6.07) is 6.48. The number of rotatable bonds is 3. The zero-order valence-electron chi connectivity index (χ0n) is 12.3. The third kappa shape index (κ3) is 3.24. The van der Waals surface area contributed by atoms with E-state index in [1.54, 1.807) is 23.5 Å². The van der Waals surface area contributed by atoms with Crippen LogP contribution in [0, 0.1) is 5.82 Å². The summed E-state index contributed by atoms with van der Waals surface area (Å²) in [5, 5.41) is 3.05. The lowest BCUT2D eigenvalue weighted by atomic mass is 10.2. The maximum atomic E-state index is 13.0. The Kier molecular flexibility index (Phi) is 4.22. The summed E-state index contributed by atoms with van der Waals surface area (Å²) >= 11 is 1.64. The fourth-order valence-corrected chi connectivity index (χ4v) is 3.44. The molecule has 0 aliphatic carbocycles. The number of hydrogen-bond acceptors (Lipinski definition) is 4. The summed E-state index contributed by atoms with van der Waals surface area (Å²) in [4.78, 5) is 7.00. The average molecular weight is 306 g/mol. The number of ether oxygens (including phenoxy) is 1. The minimum atomic E-state index is -0.220. The SMILES string of the molecule is CCC1CN(c2nc(-c3ccc(F)cc3)cs2)CC(C)O1. The van der Waals surface area contributed by atoms with Gasteiger partial charge in [0.05, 0.1) is 17.9 Å². The molecule has 2 heterocycles. The predicted octanol–water partition coefficient (Wildman–Crippen LogP) is 3.95. The highest BCUT2D eigenvalue weighted by Crippen LogP contribution is 2.29. The molecule has 112 valence electrons. The second-order valence-corrected chi connectivity index (χ2v) is 6.24. The lowest BCUT2D eigenvalue weighted by Gasteiger charge is -2.36. The highest BCUT2D eigenvalue weighted by Gasteiger charge is 2.25. The van der Waals surface area contributed by atoms with E-state index in [0.717, 1.165) is 35.9 Å². The summed E-state index contributed by atoms with van der Waals surface area (Å²) in [6.45, 7) is 6.00. The first-order valence-corrected chi connectivity index (χ1v) is 8.15. The van der Waals surface area contributed by atoms with Crippen LogP contribution in [0.2, 0.25) is 0 Å². The van der Waals surface area contributed by atoms with E-state index in [1.807, 2.05) is 5.38 Å². The van der Waals surface area contributed by atoms with Crippen molar-refractivity contribution in [2.45, 2.75) is 32.5 Å². The van der Waals surface area contributed by atoms with Crippen LogP contribution in [0.3, 0.4) is 0 Å². The van der Waals surface area contributed by atoms with Gasteiger partial charge in [0.25, 0.3) is 0 Å². The maximum Gasteiger partial charge on any atom is 0.186 e. The third-order valence-electron chi connectivity index (χ3n) is 3.68. The van der Waals surface area contributed by atoms with Crippen LogP contribution in [0.1, 0.15) is 20.3 Å². The number of nitrogens with zero attached hydrogens (tertiary/aromatic N) is 2. The van der Waals surface area contributed by atoms with Crippen molar-refractivity contribution in [3.63, 3.8) is 0 Å². The summed E-state index contributed by atoms with van der Waals surface area (Å²) in [7, 11) is 0. The van der Waals surface area contributed by atoms with Crippen LogP contribution in [0.15, 0.2) is 29.6 Å². The number of hydrogen-bond donors (Lipinski definition) is 0. The molecule has 0 bridgehead atoms. The van der Waals surface area contributed by atoms with Crippen LogP contribution < -0.4 is 4.90 Å². The molecule has 1 aliphatic heterocycles. The molecule has 1 aromatic heterocycles. The molecule has 3 rings (SSSR count). The van der Waals surface area contributed by atoms with Gasteiger partial charge in [0.15, 0.2) is 5.13 Å². The predicted molar refractivity (Wildman–Crippen MR) is 84.3 cm³/mol. The standard InChI is InChI=1S/C16H19FN2OS/c1-3-14-9-19(8-11(2)20-14)16-18-15(10-21-16)12-4-6-13(17)7-5-12/h4-7,10-11,14H,3,8-9H2,1-2H3.